The highest BCUT2D eigenvalue weighted by atomic mass is 32.3. The number of nitrogens with one attached hydrogen (secondary N) is 1. The smallest absolute Gasteiger partial charge is 0.394 e. The van der Waals surface area contributed by atoms with Crippen LogP contribution in [0.3, 0.4) is 0 Å². The highest BCUT2D eigenvalue weighted by molar-refractivity contribution is 7.79. The maximum atomic E-state index is 15.3. The van der Waals surface area contributed by atoms with Crippen molar-refractivity contribution in [2.24, 2.45) is 11.3 Å². The Kier molecular flexibility index (Phi) is 11.8. The number of rotatable bonds is 8. The number of hydrogen-bond acceptors (Lipinski definition) is 14. The lowest BCUT2D eigenvalue weighted by Crippen LogP contribution is -2.81. The van der Waals surface area contributed by atoms with E-state index in [2.05, 4.69) is 20.9 Å². The van der Waals surface area contributed by atoms with Gasteiger partial charge in [0.25, 0.3) is 0 Å². The van der Waals surface area contributed by atoms with Gasteiger partial charge in [-0.2, -0.15) is 8.42 Å². The SMILES string of the molecule is CC[C@]1(O)C[C@@H]2CN(CCc3c([nH]c4ccccc34)[C@@](C(=O)OC)(c3cc4c(cc3OC)N(C=O)[C@@H]3[C@@](O)(C(=O)OC)[C@@H](OC(C)=O)[C@]5(CC)C=CCN6CC[C@]43[C@@H]65)C2)C1.O=S(=O)(O)O. The van der Waals surface area contributed by atoms with E-state index >= 15 is 4.79 Å². The van der Waals surface area contributed by atoms with E-state index in [0.717, 1.165) is 16.5 Å². The Morgan fingerprint density at radius 3 is 2.29 bits per heavy atom. The van der Waals surface area contributed by atoms with Crippen LogP contribution >= 0.6 is 0 Å². The van der Waals surface area contributed by atoms with Crippen LogP contribution in [0.2, 0.25) is 0 Å². The number of methoxy groups -OCH3 is 3. The van der Waals surface area contributed by atoms with Crippen LogP contribution in [0.1, 0.15) is 75.3 Å². The van der Waals surface area contributed by atoms with E-state index in [9.17, 15) is 24.6 Å². The number of aromatic amines is 1. The van der Waals surface area contributed by atoms with E-state index in [-0.39, 0.29) is 12.3 Å². The minimum Gasteiger partial charge on any atom is -0.496 e. The first-order valence-electron chi connectivity index (χ1n) is 22.0. The number of anilines is 1. The summed E-state index contributed by atoms with van der Waals surface area (Å²) in [6, 6.07) is 9.97. The van der Waals surface area contributed by atoms with Gasteiger partial charge in [-0.05, 0) is 74.2 Å². The summed E-state index contributed by atoms with van der Waals surface area (Å²) in [5.41, 5.74) is -3.15. The molecule has 6 heterocycles. The molecule has 1 aliphatic carbocycles. The maximum absolute atomic E-state index is 15.3. The highest BCUT2D eigenvalue weighted by Crippen LogP contribution is 2.68. The summed E-state index contributed by atoms with van der Waals surface area (Å²) in [4.78, 5) is 66.1. The van der Waals surface area contributed by atoms with Crippen LogP contribution in [0, 0.1) is 11.3 Å². The first-order valence-corrected chi connectivity index (χ1v) is 23.4. The van der Waals surface area contributed by atoms with Crippen molar-refractivity contribution >= 4 is 51.3 Å². The van der Waals surface area contributed by atoms with E-state index in [0.29, 0.717) is 99.5 Å². The first-order chi connectivity index (χ1) is 30.8. The Morgan fingerprint density at radius 2 is 1.66 bits per heavy atom. The Bertz CT molecular complexity index is 2560. The highest BCUT2D eigenvalue weighted by Gasteiger charge is 2.81. The molecule has 9 rings (SSSR count). The number of fused-ring (bicyclic) bond motifs is 6. The third kappa shape index (κ3) is 6.90. The van der Waals surface area contributed by atoms with E-state index < -0.39 is 73.9 Å². The van der Waals surface area contributed by atoms with E-state index in [1.807, 2.05) is 50.3 Å². The van der Waals surface area contributed by atoms with E-state index in [4.69, 9.17) is 36.5 Å². The largest absolute Gasteiger partial charge is 0.496 e. The lowest BCUT2D eigenvalue weighted by Gasteiger charge is -2.63. The van der Waals surface area contributed by atoms with Gasteiger partial charge in [0.2, 0.25) is 12.0 Å². The zero-order valence-corrected chi connectivity index (χ0v) is 38.2. The predicted molar refractivity (Wildman–Crippen MR) is 235 cm³/mol. The molecule has 3 aromatic rings. The average molecular weight is 923 g/mol. The number of H-pyrrole nitrogens is 1. The Morgan fingerprint density at radius 1 is 0.954 bits per heavy atom. The number of aromatic nitrogens is 1. The molecule has 5 N–H and O–H groups in total. The summed E-state index contributed by atoms with van der Waals surface area (Å²) < 4.78 is 55.3. The average Bonchev–Trinajstić information content (AvgIpc) is 3.95. The number of ether oxygens (including phenoxy) is 4. The normalized spacial score (nSPS) is 34.6. The molecule has 0 radical (unpaired) electrons. The second kappa shape index (κ2) is 16.5. The van der Waals surface area contributed by atoms with Gasteiger partial charge in [0.1, 0.15) is 11.2 Å². The number of amides is 1. The fourth-order valence-electron chi connectivity index (χ4n) is 13.4. The number of piperidine rings is 1. The van der Waals surface area contributed by atoms with Crippen molar-refractivity contribution in [2.45, 2.75) is 99.5 Å². The lowest BCUT2D eigenvalue weighted by molar-refractivity contribution is -0.228. The molecule has 5 aliphatic heterocycles. The van der Waals surface area contributed by atoms with Crippen LogP contribution in [0.4, 0.5) is 5.69 Å². The van der Waals surface area contributed by atoms with Crippen LogP contribution in [-0.2, 0) is 61.0 Å². The molecule has 352 valence electrons. The molecule has 1 spiro atoms. The summed E-state index contributed by atoms with van der Waals surface area (Å²) in [6.45, 7) is 8.16. The number of benzene rings is 2. The zero-order valence-electron chi connectivity index (χ0n) is 37.4. The van der Waals surface area contributed by atoms with Crippen molar-refractivity contribution in [3.8, 4) is 5.75 Å². The molecule has 1 saturated carbocycles. The van der Waals surface area contributed by atoms with Crippen molar-refractivity contribution in [2.75, 3.05) is 59.0 Å². The van der Waals surface area contributed by atoms with Crippen molar-refractivity contribution < 1.29 is 65.9 Å². The van der Waals surface area contributed by atoms with Crippen LogP contribution in [0.15, 0.2) is 48.6 Å². The molecule has 2 bridgehead atoms. The van der Waals surface area contributed by atoms with Gasteiger partial charge in [0.05, 0.1) is 38.7 Å². The Hall–Kier alpha value is -4.89. The number of aliphatic hydroxyl groups is 2. The van der Waals surface area contributed by atoms with E-state index in [1.165, 1.54) is 33.2 Å². The third-order valence-corrected chi connectivity index (χ3v) is 15.5. The minimum atomic E-state index is -4.67. The fraction of sp³-hybridized carbons (Fsp3) is 0.565. The minimum absolute atomic E-state index is 0.155. The molecule has 3 fully saturated rings. The standard InChI is InChI=1S/C46H56N4O10.H2O4S/c1-7-42(55)22-28-23-45(40(53)58-5,36-30(14-18-48(24-28)25-42)29-12-9-10-13-33(29)47-36)32-20-31-34(21-35(32)57-4)50(26-51)38-44(31)16-19-49-17-11-15-43(8-2,37(44)49)39(60-27(3)52)46(38,56)41(54)59-6;1-5(2,3)4/h9-13,15,20-21,26,28,37-39,47,55-56H,7-8,14,16-19,22-25H2,1-6H3;(H2,1,2,3,4)/t28-,37-,38-,39-,42-,43+,44+,45-,46-;/m0./s1. The van der Waals surface area contributed by atoms with Crippen molar-refractivity contribution in [1.29, 1.82) is 0 Å². The monoisotopic (exact) mass is 922 g/mol. The first kappa shape index (κ1) is 46.6. The second-order valence-electron chi connectivity index (χ2n) is 18.6. The molecule has 1 amide bonds. The summed E-state index contributed by atoms with van der Waals surface area (Å²) in [7, 11) is -0.577. The Balaban J connectivity index is 0.00000109. The molecule has 65 heavy (non-hydrogen) atoms. The molecule has 1 aromatic heterocycles. The summed E-state index contributed by atoms with van der Waals surface area (Å²) in [5.74, 6) is -2.06. The van der Waals surface area contributed by atoms with E-state index in [1.54, 1.807) is 6.07 Å². The molecule has 2 aromatic carbocycles. The van der Waals surface area contributed by atoms with Gasteiger partial charge in [0.15, 0.2) is 6.10 Å². The molecular weight excluding hydrogens is 865 g/mol. The molecule has 2 saturated heterocycles. The van der Waals surface area contributed by atoms with Crippen LogP contribution < -0.4 is 9.64 Å². The number of carbonyl (C=O) groups excluding carboxylic acids is 4. The molecule has 18 nitrogen and oxygen atoms in total. The molecule has 19 heteroatoms. The van der Waals surface area contributed by atoms with Crippen molar-refractivity contribution in [3.63, 3.8) is 0 Å². The molecule has 1 unspecified atom stereocenters. The van der Waals surface area contributed by atoms with Crippen molar-refractivity contribution in [3.05, 3.63) is 70.9 Å². The summed E-state index contributed by atoms with van der Waals surface area (Å²) in [6.07, 6.45) is 5.83. The van der Waals surface area contributed by atoms with Gasteiger partial charge in [-0.15, -0.1) is 0 Å². The lowest BCUT2D eigenvalue weighted by atomic mass is 9.47. The quantitative estimate of drug-likeness (QED) is 0.0717. The van der Waals surface area contributed by atoms with Gasteiger partial charge < -0.3 is 39.0 Å². The van der Waals surface area contributed by atoms with Gasteiger partial charge in [-0.3, -0.25) is 33.3 Å². The molecular formula is C46H58N4O14S. The summed E-state index contributed by atoms with van der Waals surface area (Å²) >= 11 is 0. The van der Waals surface area contributed by atoms with Gasteiger partial charge in [-0.25, -0.2) is 4.79 Å². The van der Waals surface area contributed by atoms with Crippen LogP contribution in [-0.4, -0.2) is 150 Å². The fourth-order valence-corrected chi connectivity index (χ4v) is 13.4. The van der Waals surface area contributed by atoms with Crippen LogP contribution in [0.5, 0.6) is 5.75 Å². The summed E-state index contributed by atoms with van der Waals surface area (Å²) in [5, 5.41) is 26.3. The number of carbonyl (C=O) groups is 4. The second-order valence-corrected chi connectivity index (χ2v) is 19.4. The number of hydrogen-bond donors (Lipinski definition) is 5. The van der Waals surface area contributed by atoms with Gasteiger partial charge in [0, 0.05) is 78.2 Å². The Labute approximate surface area is 377 Å². The van der Waals surface area contributed by atoms with Gasteiger partial charge >= 0.3 is 28.3 Å². The predicted octanol–water partition coefficient (Wildman–Crippen LogP) is 2.86. The third-order valence-electron chi connectivity index (χ3n) is 15.5. The van der Waals surface area contributed by atoms with Crippen molar-refractivity contribution in [1.82, 2.24) is 14.8 Å². The number of esters is 3. The van der Waals surface area contributed by atoms with Gasteiger partial charge in [-0.1, -0.05) is 44.2 Å². The molecule has 6 aliphatic rings. The number of nitrogens with zero attached hydrogens (tertiary/aromatic N) is 3. The topological polar surface area (TPSA) is 246 Å². The maximum Gasteiger partial charge on any atom is 0.394 e. The zero-order chi connectivity index (χ0) is 47.1. The van der Waals surface area contributed by atoms with Crippen LogP contribution in [0.25, 0.3) is 10.9 Å². The molecule has 10 atom stereocenters. The number of para-hydroxylation sites is 1.